The van der Waals surface area contributed by atoms with Crippen molar-refractivity contribution in [3.63, 3.8) is 0 Å². The largest absolute Gasteiger partial charge is 0.353 e. The Balaban J connectivity index is 1.75. The molecule has 6 heteroatoms. The highest BCUT2D eigenvalue weighted by Crippen LogP contribution is 2.11. The Labute approximate surface area is 130 Å². The van der Waals surface area contributed by atoms with Gasteiger partial charge in [0.1, 0.15) is 0 Å². The average Bonchev–Trinajstić information content (AvgIpc) is 2.77. The number of hydrogen-bond donors (Lipinski definition) is 1. The maximum absolute atomic E-state index is 11.7. The van der Waals surface area contributed by atoms with Crippen LogP contribution < -0.4 is 10.2 Å². The van der Waals surface area contributed by atoms with Crippen molar-refractivity contribution < 1.29 is 4.79 Å². The van der Waals surface area contributed by atoms with Gasteiger partial charge in [0.2, 0.25) is 5.91 Å². The minimum absolute atomic E-state index is 0.0523. The van der Waals surface area contributed by atoms with Gasteiger partial charge in [-0.05, 0) is 19.8 Å². The number of amides is 1. The predicted molar refractivity (Wildman–Crippen MR) is 85.8 cm³/mol. The molecule has 0 bridgehead atoms. The van der Waals surface area contributed by atoms with E-state index in [1.807, 2.05) is 30.7 Å². The Morgan fingerprint density at radius 2 is 2.05 bits per heavy atom. The molecule has 1 saturated heterocycles. The number of likely N-dealkylation sites (tertiary alicyclic amines) is 1. The van der Waals surface area contributed by atoms with Crippen LogP contribution in [0.5, 0.6) is 0 Å². The van der Waals surface area contributed by atoms with Gasteiger partial charge in [-0.1, -0.05) is 25.2 Å². The molecular weight excluding hydrogens is 286 g/mol. The van der Waals surface area contributed by atoms with E-state index in [9.17, 15) is 9.59 Å². The third-order valence-corrected chi connectivity index (χ3v) is 4.96. The average molecular weight is 311 g/mol. The van der Waals surface area contributed by atoms with Crippen LogP contribution in [0.1, 0.15) is 32.4 Å². The molecular formula is C15H25N3O2S. The van der Waals surface area contributed by atoms with Crippen LogP contribution >= 0.6 is 11.3 Å². The van der Waals surface area contributed by atoms with E-state index in [-0.39, 0.29) is 16.7 Å². The predicted octanol–water partition coefficient (Wildman–Crippen LogP) is 1.45. The van der Waals surface area contributed by atoms with Crippen LogP contribution in [-0.4, -0.2) is 41.1 Å². The van der Waals surface area contributed by atoms with Gasteiger partial charge in [-0.3, -0.25) is 9.59 Å². The molecule has 0 spiro atoms. The van der Waals surface area contributed by atoms with E-state index >= 15 is 0 Å². The highest BCUT2D eigenvalue weighted by Gasteiger charge is 2.21. The summed E-state index contributed by atoms with van der Waals surface area (Å²) in [6, 6.07) is 0.307. The minimum atomic E-state index is 0.0523. The fraction of sp³-hybridized carbons (Fsp3) is 0.733. The summed E-state index contributed by atoms with van der Waals surface area (Å²) in [5.41, 5.74) is 1.05. The van der Waals surface area contributed by atoms with Crippen LogP contribution in [0, 0.1) is 12.8 Å². The van der Waals surface area contributed by atoms with E-state index in [0.717, 1.165) is 44.7 Å². The maximum Gasteiger partial charge on any atom is 0.307 e. The molecule has 1 aliphatic rings. The number of carbonyl (C=O) groups is 1. The molecule has 1 aliphatic heterocycles. The van der Waals surface area contributed by atoms with Gasteiger partial charge in [0.05, 0.1) is 0 Å². The quantitative estimate of drug-likeness (QED) is 0.895. The molecule has 0 atom stereocenters. The summed E-state index contributed by atoms with van der Waals surface area (Å²) in [6.45, 7) is 9.46. The summed E-state index contributed by atoms with van der Waals surface area (Å²) in [4.78, 5) is 25.9. The fourth-order valence-electron chi connectivity index (χ4n) is 2.58. The minimum Gasteiger partial charge on any atom is -0.353 e. The summed E-state index contributed by atoms with van der Waals surface area (Å²) in [7, 11) is 0. The Bertz CT molecular complexity index is 527. The summed E-state index contributed by atoms with van der Waals surface area (Å²) >= 11 is 1.27. The van der Waals surface area contributed by atoms with Crippen molar-refractivity contribution in [1.82, 2.24) is 14.8 Å². The maximum atomic E-state index is 11.7. The van der Waals surface area contributed by atoms with Crippen molar-refractivity contribution in [1.29, 1.82) is 0 Å². The molecule has 21 heavy (non-hydrogen) atoms. The van der Waals surface area contributed by atoms with E-state index in [0.29, 0.717) is 6.04 Å². The summed E-state index contributed by atoms with van der Waals surface area (Å²) < 4.78 is 1.84. The number of nitrogens with one attached hydrogen (secondary N) is 1. The zero-order chi connectivity index (χ0) is 15.4. The molecule has 1 amide bonds. The van der Waals surface area contributed by atoms with Crippen molar-refractivity contribution in [3.8, 4) is 0 Å². The van der Waals surface area contributed by atoms with Crippen LogP contribution in [0.4, 0.5) is 0 Å². The highest BCUT2D eigenvalue weighted by molar-refractivity contribution is 7.07. The Kier molecular flexibility index (Phi) is 5.58. The highest BCUT2D eigenvalue weighted by atomic mass is 32.1. The second-order valence-corrected chi connectivity index (χ2v) is 6.89. The number of piperidine rings is 1. The van der Waals surface area contributed by atoms with E-state index in [4.69, 9.17) is 0 Å². The van der Waals surface area contributed by atoms with Crippen molar-refractivity contribution in [2.75, 3.05) is 19.6 Å². The fourth-order valence-corrected chi connectivity index (χ4v) is 3.35. The third kappa shape index (κ3) is 4.41. The molecule has 0 aromatic carbocycles. The number of aryl methyl sites for hydroxylation is 1. The second kappa shape index (κ2) is 7.22. The number of carbonyl (C=O) groups excluding carboxylic acids is 1. The summed E-state index contributed by atoms with van der Waals surface area (Å²) in [5, 5.41) is 5.02. The number of hydrogen-bond acceptors (Lipinski definition) is 4. The van der Waals surface area contributed by atoms with Gasteiger partial charge in [-0.25, -0.2) is 0 Å². The van der Waals surface area contributed by atoms with E-state index in [1.54, 1.807) is 0 Å². The van der Waals surface area contributed by atoms with Gasteiger partial charge >= 0.3 is 4.87 Å². The van der Waals surface area contributed by atoms with Crippen molar-refractivity contribution in [3.05, 3.63) is 20.7 Å². The summed E-state index contributed by atoms with van der Waals surface area (Å²) in [5.74, 6) is 0.199. The van der Waals surface area contributed by atoms with Crippen molar-refractivity contribution in [2.45, 2.75) is 46.2 Å². The monoisotopic (exact) mass is 311 g/mol. The summed E-state index contributed by atoms with van der Waals surface area (Å²) in [6.07, 6.45) is 1.99. The molecule has 118 valence electrons. The van der Waals surface area contributed by atoms with Crippen LogP contribution in [0.2, 0.25) is 0 Å². The van der Waals surface area contributed by atoms with Crippen LogP contribution in [0.3, 0.4) is 0 Å². The van der Waals surface area contributed by atoms with Crippen molar-refractivity contribution in [2.24, 2.45) is 5.92 Å². The third-order valence-electron chi connectivity index (χ3n) is 4.07. The first-order chi connectivity index (χ1) is 9.97. The van der Waals surface area contributed by atoms with E-state index in [2.05, 4.69) is 10.2 Å². The van der Waals surface area contributed by atoms with Gasteiger partial charge in [0.15, 0.2) is 0 Å². The van der Waals surface area contributed by atoms with Crippen LogP contribution in [-0.2, 0) is 11.3 Å². The van der Waals surface area contributed by atoms with Crippen LogP contribution in [0.15, 0.2) is 10.2 Å². The first kappa shape index (κ1) is 16.2. The SMILES string of the molecule is Cc1csc(=O)n1CCN1CCC(NC(=O)C(C)C)CC1. The van der Waals surface area contributed by atoms with E-state index in [1.165, 1.54) is 11.3 Å². The Morgan fingerprint density at radius 3 is 2.57 bits per heavy atom. The first-order valence-electron chi connectivity index (χ1n) is 7.65. The van der Waals surface area contributed by atoms with Crippen LogP contribution in [0.25, 0.3) is 0 Å². The number of thiazole rings is 1. The number of rotatable bonds is 5. The molecule has 0 aliphatic carbocycles. The molecule has 0 radical (unpaired) electrons. The molecule has 0 unspecified atom stereocenters. The smallest absolute Gasteiger partial charge is 0.307 e. The molecule has 1 aromatic heterocycles. The Hall–Kier alpha value is -1.14. The molecule has 1 fully saturated rings. The second-order valence-electron chi connectivity index (χ2n) is 6.07. The normalized spacial score (nSPS) is 17.3. The Morgan fingerprint density at radius 1 is 1.38 bits per heavy atom. The number of aromatic nitrogens is 1. The molecule has 2 heterocycles. The van der Waals surface area contributed by atoms with Gasteiger partial charge in [-0.2, -0.15) is 0 Å². The molecule has 5 nitrogen and oxygen atoms in total. The zero-order valence-electron chi connectivity index (χ0n) is 13.1. The lowest BCUT2D eigenvalue weighted by Crippen LogP contribution is -2.46. The van der Waals surface area contributed by atoms with Crippen molar-refractivity contribution >= 4 is 17.2 Å². The van der Waals surface area contributed by atoms with Gasteiger partial charge in [0.25, 0.3) is 0 Å². The zero-order valence-corrected chi connectivity index (χ0v) is 13.9. The van der Waals surface area contributed by atoms with Gasteiger partial charge in [-0.15, -0.1) is 0 Å². The lowest BCUT2D eigenvalue weighted by atomic mass is 10.0. The topological polar surface area (TPSA) is 54.3 Å². The lowest BCUT2D eigenvalue weighted by Gasteiger charge is -2.32. The molecule has 1 N–H and O–H groups in total. The van der Waals surface area contributed by atoms with E-state index < -0.39 is 0 Å². The van der Waals surface area contributed by atoms with Gasteiger partial charge < -0.3 is 14.8 Å². The first-order valence-corrected chi connectivity index (χ1v) is 8.53. The molecule has 0 saturated carbocycles. The molecule has 2 rings (SSSR count). The lowest BCUT2D eigenvalue weighted by molar-refractivity contribution is -0.125. The van der Waals surface area contributed by atoms with Gasteiger partial charge in [0, 0.05) is 49.2 Å². The standard InChI is InChI=1S/C15H25N3O2S/c1-11(2)14(19)16-13-4-6-17(7-5-13)8-9-18-12(3)10-21-15(18)20/h10-11,13H,4-9H2,1-3H3,(H,16,19). The molecule has 1 aromatic rings. The number of nitrogens with zero attached hydrogens (tertiary/aromatic N) is 2.